The third kappa shape index (κ3) is 4.39. The van der Waals surface area contributed by atoms with E-state index in [1.54, 1.807) is 25.4 Å². The third-order valence-electron chi connectivity index (χ3n) is 6.49. The average Bonchev–Trinajstić information content (AvgIpc) is 3.37. The molecule has 33 heavy (non-hydrogen) atoms. The van der Waals surface area contributed by atoms with Crippen molar-refractivity contribution in [2.24, 2.45) is 0 Å². The number of hydrogen-bond donors (Lipinski definition) is 2. The summed E-state index contributed by atoms with van der Waals surface area (Å²) in [6.07, 6.45) is 6.45. The van der Waals surface area contributed by atoms with Crippen LogP contribution in [-0.2, 0) is 0 Å². The molecule has 2 atom stereocenters. The van der Waals surface area contributed by atoms with Crippen molar-refractivity contribution in [2.75, 3.05) is 18.7 Å². The number of alkyl halides is 2. The second kappa shape index (κ2) is 9.01. The van der Waals surface area contributed by atoms with Crippen LogP contribution >= 0.6 is 0 Å². The Morgan fingerprint density at radius 3 is 2.61 bits per heavy atom. The van der Waals surface area contributed by atoms with Gasteiger partial charge in [-0.25, -0.2) is 28.5 Å². The Labute approximate surface area is 189 Å². The number of nitrogens with zero attached hydrogens (tertiary/aromatic N) is 4. The van der Waals surface area contributed by atoms with Gasteiger partial charge >= 0.3 is 6.03 Å². The van der Waals surface area contributed by atoms with Crippen LogP contribution in [0.3, 0.4) is 0 Å². The van der Waals surface area contributed by atoms with Crippen LogP contribution in [-0.4, -0.2) is 63.4 Å². The molecule has 2 N–H and O–H groups in total. The molecular weight excluding hydrogens is 430 g/mol. The first-order valence-corrected chi connectivity index (χ1v) is 11.2. The third-order valence-corrected chi connectivity index (χ3v) is 6.49. The van der Waals surface area contributed by atoms with Crippen LogP contribution in [0.1, 0.15) is 31.6 Å². The van der Waals surface area contributed by atoms with E-state index in [1.165, 1.54) is 0 Å². The molecule has 3 aromatic rings. The number of carbonyl (C=O) groups is 1. The maximum absolute atomic E-state index is 13.1. The first kappa shape index (κ1) is 21.7. The fourth-order valence-electron chi connectivity index (χ4n) is 4.98. The van der Waals surface area contributed by atoms with Crippen molar-refractivity contribution in [3.05, 3.63) is 36.5 Å². The van der Waals surface area contributed by atoms with Crippen LogP contribution in [0.2, 0.25) is 0 Å². The Morgan fingerprint density at radius 2 is 1.94 bits per heavy atom. The molecular formula is C23H26F2N6O2. The topological polar surface area (TPSA) is 96.2 Å². The van der Waals surface area contributed by atoms with Crippen LogP contribution in [0, 0.1) is 6.92 Å². The number of urea groups is 1. The number of fused-ring (bicyclic) bond motifs is 3. The number of aryl methyl sites for hydroxylation is 1. The summed E-state index contributed by atoms with van der Waals surface area (Å²) in [6.45, 7) is 0.312. The molecule has 0 aliphatic carbocycles. The van der Waals surface area contributed by atoms with Crippen molar-refractivity contribution in [3.63, 3.8) is 0 Å². The molecule has 2 aliphatic heterocycles. The largest absolute Gasteiger partial charge is 0.439 e. The van der Waals surface area contributed by atoms with E-state index in [9.17, 15) is 13.6 Å². The van der Waals surface area contributed by atoms with Gasteiger partial charge in [-0.1, -0.05) is 0 Å². The molecule has 2 saturated heterocycles. The Balaban J connectivity index is 1.29. The van der Waals surface area contributed by atoms with Crippen LogP contribution in [0.5, 0.6) is 0 Å². The molecule has 8 nitrogen and oxygen atoms in total. The highest BCUT2D eigenvalue weighted by molar-refractivity contribution is 5.91. The minimum atomic E-state index is -0.769. The van der Waals surface area contributed by atoms with Gasteiger partial charge in [-0.05, 0) is 37.8 Å². The van der Waals surface area contributed by atoms with Crippen molar-refractivity contribution in [1.82, 2.24) is 25.2 Å². The van der Waals surface area contributed by atoms with Crippen LogP contribution < -0.4 is 10.6 Å². The predicted molar refractivity (Wildman–Crippen MR) is 119 cm³/mol. The number of anilines is 1. The summed E-state index contributed by atoms with van der Waals surface area (Å²) in [4.78, 5) is 28.1. The van der Waals surface area contributed by atoms with Crippen molar-refractivity contribution in [2.45, 2.75) is 56.8 Å². The van der Waals surface area contributed by atoms with Gasteiger partial charge < -0.3 is 14.6 Å². The van der Waals surface area contributed by atoms with Crippen molar-refractivity contribution >= 4 is 22.8 Å². The highest BCUT2D eigenvalue weighted by Gasteiger charge is 2.43. The van der Waals surface area contributed by atoms with E-state index >= 15 is 0 Å². The van der Waals surface area contributed by atoms with Gasteiger partial charge in [0, 0.05) is 42.7 Å². The number of amides is 2. The van der Waals surface area contributed by atoms with Gasteiger partial charge in [-0.15, -0.1) is 0 Å². The van der Waals surface area contributed by atoms with Gasteiger partial charge in [0.15, 0.2) is 11.7 Å². The van der Waals surface area contributed by atoms with Crippen molar-refractivity contribution in [3.8, 4) is 11.5 Å². The predicted octanol–water partition coefficient (Wildman–Crippen LogP) is 4.02. The van der Waals surface area contributed by atoms with Gasteiger partial charge in [0.05, 0.1) is 17.8 Å². The van der Waals surface area contributed by atoms with E-state index in [-0.39, 0.29) is 24.2 Å². The molecule has 10 heteroatoms. The lowest BCUT2D eigenvalue weighted by atomic mass is 9.97. The highest BCUT2D eigenvalue weighted by Crippen LogP contribution is 2.36. The zero-order valence-electron chi connectivity index (χ0n) is 18.3. The maximum atomic E-state index is 13.1. The molecule has 0 saturated carbocycles. The van der Waals surface area contributed by atoms with Gasteiger partial charge in [0.25, 0.3) is 0 Å². The summed E-state index contributed by atoms with van der Waals surface area (Å²) in [5, 5.41) is 6.81. The van der Waals surface area contributed by atoms with E-state index in [0.717, 1.165) is 18.2 Å². The zero-order valence-corrected chi connectivity index (χ0v) is 18.3. The molecule has 0 radical (unpaired) electrons. The number of hydrogen-bond acceptors (Lipinski definition) is 6. The fourth-order valence-corrected chi connectivity index (χ4v) is 4.98. The molecule has 2 aliphatic rings. The number of carbonyl (C=O) groups excluding carboxylic acids is 1. The molecule has 2 amide bonds. The fraction of sp³-hybridized carbons (Fsp3) is 0.478. The van der Waals surface area contributed by atoms with Crippen LogP contribution in [0.15, 0.2) is 35.0 Å². The second-order valence-electron chi connectivity index (χ2n) is 8.77. The number of piperidine rings is 1. The number of halogens is 2. The molecule has 3 aromatic heterocycles. The first-order chi connectivity index (χ1) is 16.0. The SMILES string of the molecule is Cc1ncc(-c2ccc3cnc(NC(=O)N4C5CCC4CC(NC(CF)CF)C5)cc3n2)o1. The number of nitrogens with one attached hydrogen (secondary N) is 2. The normalized spacial score (nSPS) is 22.3. The molecule has 0 aromatic carbocycles. The van der Waals surface area contributed by atoms with Gasteiger partial charge in [0.1, 0.15) is 24.9 Å². The van der Waals surface area contributed by atoms with Crippen molar-refractivity contribution < 1.29 is 18.0 Å². The second-order valence-corrected chi connectivity index (χ2v) is 8.77. The van der Waals surface area contributed by atoms with Gasteiger partial charge in [0.2, 0.25) is 0 Å². The first-order valence-electron chi connectivity index (χ1n) is 11.2. The minimum absolute atomic E-state index is 0.0178. The Hall–Kier alpha value is -3.14. The zero-order chi connectivity index (χ0) is 22.9. The number of oxazole rings is 1. The molecule has 2 unspecified atom stereocenters. The van der Waals surface area contributed by atoms with Crippen LogP contribution in [0.25, 0.3) is 22.4 Å². The van der Waals surface area contributed by atoms with E-state index < -0.39 is 19.4 Å². The molecule has 5 heterocycles. The van der Waals surface area contributed by atoms with Crippen LogP contribution in [0.4, 0.5) is 19.4 Å². The lowest BCUT2D eigenvalue weighted by Gasteiger charge is -2.39. The average molecular weight is 456 g/mol. The Morgan fingerprint density at radius 1 is 1.18 bits per heavy atom. The lowest BCUT2D eigenvalue weighted by molar-refractivity contribution is 0.133. The summed E-state index contributed by atoms with van der Waals surface area (Å²) in [5.74, 6) is 1.56. The molecule has 2 bridgehead atoms. The van der Waals surface area contributed by atoms with E-state index in [2.05, 4.69) is 25.6 Å². The number of pyridine rings is 2. The monoisotopic (exact) mass is 456 g/mol. The highest BCUT2D eigenvalue weighted by atomic mass is 19.1. The molecule has 174 valence electrons. The Kier molecular flexibility index (Phi) is 5.92. The summed E-state index contributed by atoms with van der Waals surface area (Å²) in [6, 6.07) is 4.61. The minimum Gasteiger partial charge on any atom is -0.439 e. The van der Waals surface area contributed by atoms with E-state index in [1.807, 2.05) is 17.0 Å². The van der Waals surface area contributed by atoms with E-state index in [0.29, 0.717) is 41.5 Å². The summed E-state index contributed by atoms with van der Waals surface area (Å²) >= 11 is 0. The summed E-state index contributed by atoms with van der Waals surface area (Å²) < 4.78 is 31.4. The molecule has 2 fully saturated rings. The Bertz CT molecular complexity index is 1140. The lowest BCUT2D eigenvalue weighted by Crippen LogP contribution is -2.54. The van der Waals surface area contributed by atoms with E-state index in [4.69, 9.17) is 4.42 Å². The number of rotatable bonds is 6. The smallest absolute Gasteiger partial charge is 0.323 e. The molecule has 5 rings (SSSR count). The van der Waals surface area contributed by atoms with Gasteiger partial charge in [-0.3, -0.25) is 5.32 Å². The van der Waals surface area contributed by atoms with Crippen molar-refractivity contribution in [1.29, 1.82) is 0 Å². The molecule has 0 spiro atoms. The quantitative estimate of drug-likeness (QED) is 0.582. The maximum Gasteiger partial charge on any atom is 0.323 e. The number of aromatic nitrogens is 3. The van der Waals surface area contributed by atoms with Gasteiger partial charge in [-0.2, -0.15) is 0 Å². The standard InChI is InChI=1S/C23H26F2N6O2/c1-13-26-12-21(33-13)19-5-2-14-11-27-22(8-20(14)29-19)30-23(32)31-17-3-4-18(31)7-15(6-17)28-16(9-24)10-25/h2,5,8,11-12,15-18,28H,3-4,6-7,9-10H2,1H3,(H,27,30,32). The summed E-state index contributed by atoms with van der Waals surface area (Å²) in [7, 11) is 0. The summed E-state index contributed by atoms with van der Waals surface area (Å²) in [5.41, 5.74) is 1.33.